The molecule has 1 rings (SSSR count). The van der Waals surface area contributed by atoms with Gasteiger partial charge in [0.2, 0.25) is 0 Å². The van der Waals surface area contributed by atoms with Gasteiger partial charge >= 0.3 is 0 Å². The minimum atomic E-state index is 0.317. The highest BCUT2D eigenvalue weighted by atomic mass is 35.5. The van der Waals surface area contributed by atoms with Crippen molar-refractivity contribution in [3.63, 3.8) is 0 Å². The van der Waals surface area contributed by atoms with E-state index in [2.05, 4.69) is 18.3 Å². The number of ether oxygens (including phenoxy) is 1. The number of nitrogens with two attached hydrogens (primary N) is 1. The molecule has 0 fully saturated rings. The Balaban J connectivity index is 2.73. The number of hydrogen-bond acceptors (Lipinski definition) is 3. The monoisotopic (exact) mass is 236 g/mol. The molecule has 84 valence electrons. The van der Waals surface area contributed by atoms with Crippen LogP contribution in [0.5, 0.6) is 0 Å². The van der Waals surface area contributed by atoms with E-state index in [9.17, 15) is 0 Å². The first kappa shape index (κ1) is 12.3. The summed E-state index contributed by atoms with van der Waals surface area (Å²) in [6.45, 7) is 7.24. The van der Waals surface area contributed by atoms with E-state index in [4.69, 9.17) is 22.1 Å². The largest absolute Gasteiger partial charge is 0.487 e. The van der Waals surface area contributed by atoms with Crippen molar-refractivity contribution in [3.05, 3.63) is 53.4 Å². The number of hydrogen-bond donors (Lipinski definition) is 1. The van der Waals surface area contributed by atoms with Gasteiger partial charge in [0.1, 0.15) is 12.4 Å². The number of halogens is 1. The Hall–Kier alpha value is -1.74. The Morgan fingerprint density at radius 2 is 2.31 bits per heavy atom. The van der Waals surface area contributed by atoms with Gasteiger partial charge in [0.15, 0.2) is 0 Å². The molecule has 0 amide bonds. The molecule has 0 aliphatic carbocycles. The first-order valence-electron chi connectivity index (χ1n) is 4.62. The third-order valence-corrected chi connectivity index (χ3v) is 2.25. The zero-order valence-electron chi connectivity index (χ0n) is 8.82. The van der Waals surface area contributed by atoms with Crippen LogP contribution in [0.15, 0.2) is 47.8 Å². The van der Waals surface area contributed by atoms with Gasteiger partial charge in [-0.05, 0) is 31.0 Å². The van der Waals surface area contributed by atoms with Gasteiger partial charge in [-0.2, -0.15) is 0 Å². The number of nitrogens with zero attached hydrogens (tertiary/aromatic N) is 1. The highest BCUT2D eigenvalue weighted by Crippen LogP contribution is 2.20. The van der Waals surface area contributed by atoms with Gasteiger partial charge in [0.25, 0.3) is 0 Å². The second-order valence-corrected chi connectivity index (χ2v) is 3.46. The molecule has 3 nitrogen and oxygen atoms in total. The molecule has 0 radical (unpaired) electrons. The molecule has 0 heterocycles. The maximum absolute atomic E-state index is 5.98. The summed E-state index contributed by atoms with van der Waals surface area (Å²) in [5, 5.41) is 0.615. The standard InChI is InChI=1S/C12H13ClN2O/c1-3-11(7-15-2)16-8-9-6-10(14)4-5-12(9)13/h3-7H,1-2,8,14H2/b11-7+. The van der Waals surface area contributed by atoms with Gasteiger partial charge in [0.05, 0.1) is 6.20 Å². The Morgan fingerprint density at radius 3 is 2.94 bits per heavy atom. The molecule has 4 heteroatoms. The molecule has 0 bridgehead atoms. The number of anilines is 1. The van der Waals surface area contributed by atoms with Crippen LogP contribution in [0.4, 0.5) is 5.69 Å². The molecule has 0 unspecified atom stereocenters. The number of benzene rings is 1. The van der Waals surface area contributed by atoms with Gasteiger partial charge in [0, 0.05) is 16.3 Å². The zero-order valence-corrected chi connectivity index (χ0v) is 9.57. The van der Waals surface area contributed by atoms with E-state index in [-0.39, 0.29) is 0 Å². The van der Waals surface area contributed by atoms with Crippen LogP contribution in [0, 0.1) is 0 Å². The van der Waals surface area contributed by atoms with Crippen molar-refractivity contribution in [2.45, 2.75) is 6.61 Å². The van der Waals surface area contributed by atoms with Gasteiger partial charge < -0.3 is 10.5 Å². The second-order valence-electron chi connectivity index (χ2n) is 3.06. The molecule has 2 N–H and O–H groups in total. The normalized spacial score (nSPS) is 10.9. The van der Waals surface area contributed by atoms with Crippen molar-refractivity contribution in [1.82, 2.24) is 0 Å². The van der Waals surface area contributed by atoms with Crippen molar-refractivity contribution in [1.29, 1.82) is 0 Å². The van der Waals surface area contributed by atoms with Crippen LogP contribution < -0.4 is 5.73 Å². The summed E-state index contributed by atoms with van der Waals surface area (Å²) in [5.74, 6) is 0.536. The minimum absolute atomic E-state index is 0.317. The molecule has 16 heavy (non-hydrogen) atoms. The lowest BCUT2D eigenvalue weighted by atomic mass is 10.2. The van der Waals surface area contributed by atoms with Crippen LogP contribution in [0.25, 0.3) is 0 Å². The summed E-state index contributed by atoms with van der Waals surface area (Å²) in [5.41, 5.74) is 7.11. The lowest BCUT2D eigenvalue weighted by Crippen LogP contribution is -1.94. The topological polar surface area (TPSA) is 47.6 Å². The average Bonchev–Trinajstić information content (AvgIpc) is 2.28. The van der Waals surface area contributed by atoms with Crippen molar-refractivity contribution < 1.29 is 4.74 Å². The Morgan fingerprint density at radius 1 is 1.56 bits per heavy atom. The SMILES string of the molecule is C=C/C(=C\N=C)OCc1cc(N)ccc1Cl. The number of aliphatic imine (C=N–C) groups is 1. The summed E-state index contributed by atoms with van der Waals surface area (Å²) in [6, 6.07) is 5.24. The first-order chi connectivity index (χ1) is 7.67. The van der Waals surface area contributed by atoms with Crippen molar-refractivity contribution in [2.75, 3.05) is 5.73 Å². The van der Waals surface area contributed by atoms with E-state index in [1.54, 1.807) is 24.3 Å². The summed E-state index contributed by atoms with van der Waals surface area (Å²) >= 11 is 5.98. The van der Waals surface area contributed by atoms with E-state index in [0.29, 0.717) is 23.1 Å². The van der Waals surface area contributed by atoms with Crippen molar-refractivity contribution >= 4 is 24.0 Å². The Bertz CT molecular complexity index is 427. The summed E-state index contributed by atoms with van der Waals surface area (Å²) in [4.78, 5) is 3.59. The summed E-state index contributed by atoms with van der Waals surface area (Å²) in [6.07, 6.45) is 3.03. The Labute approximate surface area is 99.9 Å². The van der Waals surface area contributed by atoms with Crippen LogP contribution in [0.1, 0.15) is 5.56 Å². The third kappa shape index (κ3) is 3.44. The molecular formula is C12H13ClN2O. The van der Waals surface area contributed by atoms with Crippen LogP contribution in [0.3, 0.4) is 0 Å². The minimum Gasteiger partial charge on any atom is -0.487 e. The summed E-state index contributed by atoms with van der Waals surface area (Å²) in [7, 11) is 0. The van der Waals surface area contributed by atoms with Gasteiger partial charge in [-0.3, -0.25) is 4.99 Å². The summed E-state index contributed by atoms with van der Waals surface area (Å²) < 4.78 is 5.42. The van der Waals surface area contributed by atoms with Gasteiger partial charge in [-0.15, -0.1) is 0 Å². The van der Waals surface area contributed by atoms with E-state index in [1.807, 2.05) is 0 Å². The molecule has 0 aliphatic rings. The highest BCUT2D eigenvalue weighted by Gasteiger charge is 2.02. The maximum Gasteiger partial charge on any atom is 0.137 e. The first-order valence-corrected chi connectivity index (χ1v) is 5.00. The third-order valence-electron chi connectivity index (χ3n) is 1.88. The zero-order chi connectivity index (χ0) is 12.0. The van der Waals surface area contributed by atoms with Crippen molar-refractivity contribution in [2.24, 2.45) is 4.99 Å². The van der Waals surface area contributed by atoms with Crippen LogP contribution in [-0.4, -0.2) is 6.72 Å². The predicted octanol–water partition coefficient (Wildman–Crippen LogP) is 3.17. The molecule has 0 saturated heterocycles. The van der Waals surface area contributed by atoms with Crippen LogP contribution in [-0.2, 0) is 11.3 Å². The molecule has 0 aliphatic heterocycles. The average molecular weight is 237 g/mol. The molecule has 0 spiro atoms. The maximum atomic E-state index is 5.98. The van der Waals surface area contributed by atoms with Crippen LogP contribution >= 0.6 is 11.6 Å². The molecule has 0 atom stereocenters. The van der Waals surface area contributed by atoms with Gasteiger partial charge in [-0.25, -0.2) is 0 Å². The van der Waals surface area contributed by atoms with E-state index in [0.717, 1.165) is 5.56 Å². The fourth-order valence-corrected chi connectivity index (χ4v) is 1.28. The highest BCUT2D eigenvalue weighted by molar-refractivity contribution is 6.31. The smallest absolute Gasteiger partial charge is 0.137 e. The number of allylic oxidation sites excluding steroid dienone is 1. The van der Waals surface area contributed by atoms with E-state index in [1.165, 1.54) is 6.20 Å². The van der Waals surface area contributed by atoms with Crippen LogP contribution in [0.2, 0.25) is 5.02 Å². The second kappa shape index (κ2) is 5.98. The molecular weight excluding hydrogens is 224 g/mol. The van der Waals surface area contributed by atoms with E-state index < -0.39 is 0 Å². The lowest BCUT2D eigenvalue weighted by Gasteiger charge is -2.08. The molecule has 0 saturated carbocycles. The lowest BCUT2D eigenvalue weighted by molar-refractivity contribution is 0.210. The predicted molar refractivity (Wildman–Crippen MR) is 68.5 cm³/mol. The van der Waals surface area contributed by atoms with Crippen molar-refractivity contribution in [3.8, 4) is 0 Å². The quantitative estimate of drug-likeness (QED) is 0.369. The molecule has 1 aromatic rings. The number of nitrogen functional groups attached to an aromatic ring is 1. The fourth-order valence-electron chi connectivity index (χ4n) is 1.11. The number of rotatable bonds is 5. The molecule has 1 aromatic carbocycles. The molecule has 0 aromatic heterocycles. The fraction of sp³-hybridized carbons (Fsp3) is 0.0833. The van der Waals surface area contributed by atoms with E-state index >= 15 is 0 Å². The van der Waals surface area contributed by atoms with Gasteiger partial charge in [-0.1, -0.05) is 18.2 Å². The Kier molecular flexibility index (Phi) is 4.61.